The first-order chi connectivity index (χ1) is 12.5. The second-order valence-corrected chi connectivity index (χ2v) is 7.90. The zero-order valence-electron chi connectivity index (χ0n) is 15.4. The number of guanidine groups is 1. The minimum atomic E-state index is -3.40. The third-order valence-electron chi connectivity index (χ3n) is 3.98. The Bertz CT molecular complexity index is 845. The molecule has 0 spiro atoms. The summed E-state index contributed by atoms with van der Waals surface area (Å²) in [4.78, 5) is 4.40. The Morgan fingerprint density at radius 2 is 1.74 bits per heavy atom. The number of benzene rings is 2. The van der Waals surface area contributed by atoms with E-state index in [0.29, 0.717) is 22.8 Å². The van der Waals surface area contributed by atoms with E-state index >= 15 is 0 Å². The van der Waals surface area contributed by atoms with Gasteiger partial charge in [0.1, 0.15) is 5.82 Å². The highest BCUT2D eigenvalue weighted by molar-refractivity contribution is 14.0. The topological polar surface area (TPSA) is 70.6 Å². The molecular weight excluding hydrogens is 480 g/mol. The van der Waals surface area contributed by atoms with E-state index in [9.17, 15) is 12.8 Å². The summed E-state index contributed by atoms with van der Waals surface area (Å²) in [5.74, 6) is 0.0889. The van der Waals surface area contributed by atoms with Crippen LogP contribution in [0.4, 0.5) is 4.39 Å². The van der Waals surface area contributed by atoms with Crippen LogP contribution in [0, 0.1) is 5.82 Å². The average molecular weight is 505 g/mol. The first-order valence-corrected chi connectivity index (χ1v) is 10.1. The molecule has 1 atom stereocenters. The lowest BCUT2D eigenvalue weighted by Crippen LogP contribution is -2.45. The smallest absolute Gasteiger partial charge is 0.191 e. The van der Waals surface area contributed by atoms with Crippen LogP contribution in [0.25, 0.3) is 0 Å². The molecule has 8 heteroatoms. The zero-order chi connectivity index (χ0) is 19.0. The Morgan fingerprint density at radius 1 is 1.11 bits per heavy atom. The lowest BCUT2D eigenvalue weighted by Gasteiger charge is -2.20. The molecule has 0 aliphatic carbocycles. The minimum absolute atomic E-state index is 0. The summed E-state index contributed by atoms with van der Waals surface area (Å²) in [7, 11) is -1.81. The highest BCUT2D eigenvalue weighted by Gasteiger charge is 2.21. The number of aliphatic imine (C=N–C) groups is 1. The van der Waals surface area contributed by atoms with E-state index in [1.165, 1.54) is 6.07 Å². The Labute approximate surface area is 177 Å². The SMILES string of the molecule is CCC(CS(=O)(=O)c1ccccc1)NC(=NC)NCc1ccccc1F.I. The maximum absolute atomic E-state index is 13.7. The largest absolute Gasteiger partial charge is 0.353 e. The van der Waals surface area contributed by atoms with Crippen molar-refractivity contribution in [2.75, 3.05) is 12.8 Å². The fraction of sp³-hybridized carbons (Fsp3) is 0.316. The molecule has 0 saturated heterocycles. The van der Waals surface area contributed by atoms with Gasteiger partial charge in [0.2, 0.25) is 0 Å². The van der Waals surface area contributed by atoms with E-state index in [-0.39, 0.29) is 48.1 Å². The van der Waals surface area contributed by atoms with E-state index in [1.54, 1.807) is 55.6 Å². The van der Waals surface area contributed by atoms with Gasteiger partial charge in [-0.1, -0.05) is 43.3 Å². The maximum atomic E-state index is 13.7. The molecule has 27 heavy (non-hydrogen) atoms. The minimum Gasteiger partial charge on any atom is -0.353 e. The molecule has 0 aliphatic rings. The second kappa shape index (κ2) is 11.2. The van der Waals surface area contributed by atoms with Crippen molar-refractivity contribution in [2.45, 2.75) is 30.8 Å². The van der Waals surface area contributed by atoms with Gasteiger partial charge in [0.05, 0.1) is 10.6 Å². The number of halogens is 2. The molecule has 0 aliphatic heterocycles. The van der Waals surface area contributed by atoms with E-state index in [4.69, 9.17) is 0 Å². The van der Waals surface area contributed by atoms with Crippen molar-refractivity contribution in [1.29, 1.82) is 0 Å². The number of hydrogen-bond donors (Lipinski definition) is 2. The number of nitrogens with one attached hydrogen (secondary N) is 2. The summed E-state index contributed by atoms with van der Waals surface area (Å²) in [6.45, 7) is 2.16. The van der Waals surface area contributed by atoms with E-state index in [0.717, 1.165) is 0 Å². The molecule has 2 rings (SSSR count). The van der Waals surface area contributed by atoms with Gasteiger partial charge in [-0.3, -0.25) is 4.99 Å². The van der Waals surface area contributed by atoms with Crippen LogP contribution in [0.15, 0.2) is 64.5 Å². The van der Waals surface area contributed by atoms with Crippen LogP contribution in [0.5, 0.6) is 0 Å². The van der Waals surface area contributed by atoms with Crippen LogP contribution < -0.4 is 10.6 Å². The fourth-order valence-electron chi connectivity index (χ4n) is 2.46. The zero-order valence-corrected chi connectivity index (χ0v) is 18.5. The third kappa shape index (κ3) is 7.10. The Morgan fingerprint density at radius 3 is 2.33 bits per heavy atom. The number of hydrogen-bond acceptors (Lipinski definition) is 3. The lowest BCUT2D eigenvalue weighted by molar-refractivity contribution is 0.567. The van der Waals surface area contributed by atoms with Crippen molar-refractivity contribution in [2.24, 2.45) is 4.99 Å². The average Bonchev–Trinajstić information content (AvgIpc) is 2.66. The Hall–Kier alpha value is -1.68. The number of nitrogens with zero attached hydrogens (tertiary/aromatic N) is 1. The molecule has 1 unspecified atom stereocenters. The molecule has 0 saturated carbocycles. The molecule has 0 aromatic heterocycles. The Kier molecular flexibility index (Phi) is 9.71. The third-order valence-corrected chi connectivity index (χ3v) is 5.82. The van der Waals surface area contributed by atoms with Crippen LogP contribution in [-0.2, 0) is 16.4 Å². The van der Waals surface area contributed by atoms with Gasteiger partial charge in [0.15, 0.2) is 15.8 Å². The second-order valence-electron chi connectivity index (χ2n) is 5.86. The fourth-order valence-corrected chi connectivity index (χ4v) is 4.07. The van der Waals surface area contributed by atoms with Gasteiger partial charge in [-0.2, -0.15) is 0 Å². The first-order valence-electron chi connectivity index (χ1n) is 8.44. The molecule has 2 N–H and O–H groups in total. The van der Waals surface area contributed by atoms with Gasteiger partial charge in [0.25, 0.3) is 0 Å². The summed E-state index contributed by atoms with van der Waals surface area (Å²) in [6.07, 6.45) is 0.604. The monoisotopic (exact) mass is 505 g/mol. The molecule has 148 valence electrons. The van der Waals surface area contributed by atoms with Crippen LogP contribution in [0.3, 0.4) is 0 Å². The standard InChI is InChI=1S/C19H24FN3O2S.HI/c1-3-16(14-26(24,25)17-10-5-4-6-11-17)23-19(21-2)22-13-15-9-7-8-12-18(15)20;/h4-12,16H,3,13-14H2,1-2H3,(H2,21,22,23);1H. The molecular formula is C19H25FIN3O2S. The summed E-state index contributed by atoms with van der Waals surface area (Å²) in [5, 5.41) is 6.13. The molecule has 0 heterocycles. The number of sulfone groups is 1. The van der Waals surface area contributed by atoms with Gasteiger partial charge in [-0.15, -0.1) is 24.0 Å². The van der Waals surface area contributed by atoms with Gasteiger partial charge in [0, 0.05) is 25.2 Å². The van der Waals surface area contributed by atoms with Crippen molar-refractivity contribution in [3.05, 3.63) is 66.0 Å². The van der Waals surface area contributed by atoms with E-state index in [1.807, 2.05) is 6.92 Å². The molecule has 0 radical (unpaired) electrons. The van der Waals surface area contributed by atoms with Crippen LogP contribution >= 0.6 is 24.0 Å². The van der Waals surface area contributed by atoms with Crippen molar-refractivity contribution in [3.8, 4) is 0 Å². The highest BCUT2D eigenvalue weighted by Crippen LogP contribution is 2.12. The van der Waals surface area contributed by atoms with Gasteiger partial charge < -0.3 is 10.6 Å². The summed E-state index contributed by atoms with van der Waals surface area (Å²) < 4.78 is 38.8. The maximum Gasteiger partial charge on any atom is 0.191 e. The van der Waals surface area contributed by atoms with Crippen LogP contribution in [0.2, 0.25) is 0 Å². The predicted molar refractivity (Wildman–Crippen MR) is 118 cm³/mol. The van der Waals surface area contributed by atoms with Crippen molar-refractivity contribution >= 4 is 39.8 Å². The number of rotatable bonds is 7. The Balaban J connectivity index is 0.00000364. The summed E-state index contributed by atoms with van der Waals surface area (Å²) in [5.41, 5.74) is 0.514. The first kappa shape index (κ1) is 23.4. The van der Waals surface area contributed by atoms with Gasteiger partial charge in [-0.25, -0.2) is 12.8 Å². The van der Waals surface area contributed by atoms with Gasteiger partial charge >= 0.3 is 0 Å². The quantitative estimate of drug-likeness (QED) is 0.344. The molecule has 5 nitrogen and oxygen atoms in total. The molecule has 0 amide bonds. The van der Waals surface area contributed by atoms with E-state index < -0.39 is 9.84 Å². The summed E-state index contributed by atoms with van der Waals surface area (Å²) in [6, 6.07) is 14.5. The molecule has 0 bridgehead atoms. The molecule has 0 fully saturated rings. The van der Waals surface area contributed by atoms with Crippen LogP contribution in [-0.4, -0.2) is 33.2 Å². The van der Waals surface area contributed by atoms with Gasteiger partial charge in [-0.05, 0) is 24.6 Å². The van der Waals surface area contributed by atoms with Crippen LogP contribution in [0.1, 0.15) is 18.9 Å². The molecule has 2 aromatic rings. The summed E-state index contributed by atoms with van der Waals surface area (Å²) >= 11 is 0. The predicted octanol–water partition coefficient (Wildman–Crippen LogP) is 3.36. The van der Waals surface area contributed by atoms with E-state index in [2.05, 4.69) is 15.6 Å². The molecule has 2 aromatic carbocycles. The lowest BCUT2D eigenvalue weighted by atomic mass is 10.2. The van der Waals surface area contributed by atoms with Crippen molar-refractivity contribution in [3.63, 3.8) is 0 Å². The van der Waals surface area contributed by atoms with Crippen molar-refractivity contribution in [1.82, 2.24) is 10.6 Å². The van der Waals surface area contributed by atoms with Crippen molar-refractivity contribution < 1.29 is 12.8 Å². The normalized spacial score (nSPS) is 12.8. The highest BCUT2D eigenvalue weighted by atomic mass is 127.